The molecule has 0 bridgehead atoms. The summed E-state index contributed by atoms with van der Waals surface area (Å²) in [5, 5.41) is 0. The second-order valence-corrected chi connectivity index (χ2v) is 7.01. The number of aliphatic imine (C=N–C) groups is 1. The van der Waals surface area contributed by atoms with Gasteiger partial charge in [0.15, 0.2) is 11.5 Å². The third kappa shape index (κ3) is 3.02. The summed E-state index contributed by atoms with van der Waals surface area (Å²) in [4.78, 5) is 46.7. The summed E-state index contributed by atoms with van der Waals surface area (Å²) in [5.41, 5.74) is 0.369. The lowest BCUT2D eigenvalue weighted by Gasteiger charge is -2.34. The Labute approximate surface area is 165 Å². The average Bonchev–Trinajstić information content (AvgIpc) is 2.71. The largest absolute Gasteiger partial charge is 0.493 e. The highest BCUT2D eigenvalue weighted by molar-refractivity contribution is 6.10. The molecule has 2 aliphatic rings. The summed E-state index contributed by atoms with van der Waals surface area (Å²) in [6.07, 6.45) is 1.74. The highest BCUT2D eigenvalue weighted by Gasteiger charge is 2.43. The minimum absolute atomic E-state index is 0.0185. The molecule has 0 radical (unpaired) electrons. The number of rotatable bonds is 4. The fourth-order valence-electron chi connectivity index (χ4n) is 4.26. The van der Waals surface area contributed by atoms with Gasteiger partial charge < -0.3 is 14.2 Å². The van der Waals surface area contributed by atoms with Gasteiger partial charge >= 0.3 is 5.69 Å². The number of carbonyl (C=O) groups is 1. The van der Waals surface area contributed by atoms with Crippen molar-refractivity contribution in [3.63, 3.8) is 0 Å². The van der Waals surface area contributed by atoms with Gasteiger partial charge in [0.05, 0.1) is 32.8 Å². The minimum atomic E-state index is -0.637. The number of nitrogens with zero attached hydrogens (tertiary/aromatic N) is 1. The maximum Gasteiger partial charge on any atom is 0.327 e. The summed E-state index contributed by atoms with van der Waals surface area (Å²) in [7, 11) is 4.50. The number of benzene rings is 1. The highest BCUT2D eigenvalue weighted by atomic mass is 16.5. The van der Waals surface area contributed by atoms with Crippen molar-refractivity contribution in [2.45, 2.75) is 25.2 Å². The maximum atomic E-state index is 12.9. The van der Waals surface area contributed by atoms with E-state index in [1.54, 1.807) is 12.1 Å². The molecule has 29 heavy (non-hydrogen) atoms. The Morgan fingerprint density at radius 1 is 0.931 bits per heavy atom. The summed E-state index contributed by atoms with van der Waals surface area (Å²) < 4.78 is 16.3. The molecule has 2 N–H and O–H groups in total. The van der Waals surface area contributed by atoms with Gasteiger partial charge in [-0.15, -0.1) is 0 Å². The number of methoxy groups -OCH3 is 3. The average molecular weight is 399 g/mol. The van der Waals surface area contributed by atoms with Crippen LogP contribution < -0.4 is 25.5 Å². The van der Waals surface area contributed by atoms with Gasteiger partial charge in [-0.2, -0.15) is 0 Å². The van der Waals surface area contributed by atoms with E-state index in [0.717, 1.165) is 0 Å². The molecule has 2 atom stereocenters. The zero-order valence-corrected chi connectivity index (χ0v) is 16.3. The van der Waals surface area contributed by atoms with Crippen molar-refractivity contribution in [3.05, 3.63) is 44.1 Å². The second-order valence-electron chi connectivity index (χ2n) is 7.01. The molecule has 9 nitrogen and oxygen atoms in total. The van der Waals surface area contributed by atoms with Crippen molar-refractivity contribution in [2.75, 3.05) is 21.3 Å². The molecule has 1 aromatic carbocycles. The first-order valence-electron chi connectivity index (χ1n) is 9.25. The van der Waals surface area contributed by atoms with E-state index < -0.39 is 23.1 Å². The van der Waals surface area contributed by atoms with Crippen molar-refractivity contribution in [1.29, 1.82) is 0 Å². The summed E-state index contributed by atoms with van der Waals surface area (Å²) in [6, 6.07) is 3.45. The van der Waals surface area contributed by atoms with Crippen LogP contribution in [0, 0.1) is 5.92 Å². The van der Waals surface area contributed by atoms with Crippen LogP contribution in [0.4, 0.5) is 5.82 Å². The molecule has 1 aliphatic heterocycles. The Bertz CT molecular complexity index is 1100. The van der Waals surface area contributed by atoms with Crippen LogP contribution in [0.25, 0.3) is 0 Å². The predicted octanol–water partition coefficient (Wildman–Crippen LogP) is 1.68. The maximum absolute atomic E-state index is 12.9. The number of hydrogen-bond acceptors (Lipinski definition) is 7. The van der Waals surface area contributed by atoms with Crippen molar-refractivity contribution in [1.82, 2.24) is 9.97 Å². The monoisotopic (exact) mass is 399 g/mol. The van der Waals surface area contributed by atoms with Crippen LogP contribution in [0.3, 0.4) is 0 Å². The third-order valence-corrected chi connectivity index (χ3v) is 5.47. The fraction of sp³-hybridized carbons (Fsp3) is 0.400. The van der Waals surface area contributed by atoms with E-state index in [-0.39, 0.29) is 17.2 Å². The number of hydrogen-bond donors (Lipinski definition) is 2. The van der Waals surface area contributed by atoms with Crippen LogP contribution in [-0.4, -0.2) is 42.8 Å². The van der Waals surface area contributed by atoms with Gasteiger partial charge in [0, 0.05) is 18.1 Å². The standard InChI is InChI=1S/C20H21N3O6/c1-27-12-7-9(8-13(28-2)17(12)29-3)14-15-10(5-4-6-11(15)24)21-18-16(14)19(25)23-20(26)22-18/h7-8,14-15H,4-6H2,1-3H3,(H2,22,23,25,26). The molecule has 0 saturated heterocycles. The molecular formula is C20H21N3O6. The highest BCUT2D eigenvalue weighted by Crippen LogP contribution is 2.47. The molecule has 2 aromatic rings. The van der Waals surface area contributed by atoms with Crippen molar-refractivity contribution in [3.8, 4) is 17.2 Å². The number of carbonyl (C=O) groups excluding carboxylic acids is 1. The van der Waals surface area contributed by atoms with E-state index >= 15 is 0 Å². The first-order chi connectivity index (χ1) is 14.0. The number of H-pyrrole nitrogens is 2. The number of Topliss-reactive ketones (excluding diaryl/α,β-unsaturated/α-hetero) is 1. The first kappa shape index (κ1) is 19.0. The molecule has 1 aliphatic carbocycles. The van der Waals surface area contributed by atoms with Crippen LogP contribution >= 0.6 is 0 Å². The summed E-state index contributed by atoms with van der Waals surface area (Å²) in [6.45, 7) is 0. The Hall–Kier alpha value is -3.36. The van der Waals surface area contributed by atoms with E-state index in [0.29, 0.717) is 47.8 Å². The summed E-state index contributed by atoms with van der Waals surface area (Å²) in [5.74, 6) is 0.247. The van der Waals surface area contributed by atoms with Gasteiger partial charge in [-0.05, 0) is 30.5 Å². The lowest BCUT2D eigenvalue weighted by Crippen LogP contribution is -2.40. The Morgan fingerprint density at radius 3 is 2.24 bits per heavy atom. The topological polar surface area (TPSA) is 123 Å². The van der Waals surface area contributed by atoms with Gasteiger partial charge in [-0.3, -0.25) is 19.6 Å². The molecule has 2 unspecified atom stereocenters. The van der Waals surface area contributed by atoms with E-state index in [4.69, 9.17) is 14.2 Å². The molecule has 9 heteroatoms. The number of ketones is 1. The van der Waals surface area contributed by atoms with Crippen LogP contribution in [-0.2, 0) is 4.79 Å². The zero-order valence-electron chi connectivity index (χ0n) is 16.3. The van der Waals surface area contributed by atoms with Crippen molar-refractivity contribution >= 4 is 17.3 Å². The zero-order chi connectivity index (χ0) is 20.7. The number of aromatic nitrogens is 2. The third-order valence-electron chi connectivity index (χ3n) is 5.47. The van der Waals surface area contributed by atoms with Gasteiger partial charge in [0.1, 0.15) is 11.6 Å². The van der Waals surface area contributed by atoms with Crippen molar-refractivity contribution < 1.29 is 19.0 Å². The van der Waals surface area contributed by atoms with Gasteiger partial charge in [0.25, 0.3) is 5.56 Å². The van der Waals surface area contributed by atoms with Gasteiger partial charge in [0.2, 0.25) is 5.75 Å². The molecule has 0 amide bonds. The number of aromatic amines is 2. The van der Waals surface area contributed by atoms with E-state index in [1.807, 2.05) is 0 Å². The van der Waals surface area contributed by atoms with Gasteiger partial charge in [-0.1, -0.05) is 0 Å². The fourth-order valence-corrected chi connectivity index (χ4v) is 4.26. The predicted molar refractivity (Wildman–Crippen MR) is 105 cm³/mol. The Kier molecular flexibility index (Phi) is 4.73. The lowest BCUT2D eigenvalue weighted by molar-refractivity contribution is -0.121. The molecule has 1 fully saturated rings. The molecule has 2 heterocycles. The molecular weight excluding hydrogens is 378 g/mol. The Morgan fingerprint density at radius 2 is 1.62 bits per heavy atom. The first-order valence-corrected chi connectivity index (χ1v) is 9.25. The minimum Gasteiger partial charge on any atom is -0.493 e. The normalized spacial score (nSPS) is 20.4. The van der Waals surface area contributed by atoms with Crippen LogP contribution in [0.5, 0.6) is 17.2 Å². The molecule has 4 rings (SSSR count). The van der Waals surface area contributed by atoms with E-state index in [2.05, 4.69) is 15.0 Å². The molecule has 152 valence electrons. The molecule has 1 saturated carbocycles. The number of nitrogens with one attached hydrogen (secondary N) is 2. The molecule has 1 aromatic heterocycles. The molecule has 0 spiro atoms. The smallest absolute Gasteiger partial charge is 0.327 e. The number of ether oxygens (including phenoxy) is 3. The van der Waals surface area contributed by atoms with Crippen LogP contribution in [0.1, 0.15) is 36.3 Å². The van der Waals surface area contributed by atoms with Crippen molar-refractivity contribution in [2.24, 2.45) is 10.9 Å². The lowest BCUT2D eigenvalue weighted by atomic mass is 9.70. The summed E-state index contributed by atoms with van der Waals surface area (Å²) >= 11 is 0. The van der Waals surface area contributed by atoms with Gasteiger partial charge in [-0.25, -0.2) is 9.79 Å². The van der Waals surface area contributed by atoms with E-state index in [9.17, 15) is 14.4 Å². The quantitative estimate of drug-likeness (QED) is 0.806. The van der Waals surface area contributed by atoms with E-state index in [1.165, 1.54) is 21.3 Å². The van der Waals surface area contributed by atoms with Crippen LogP contribution in [0.15, 0.2) is 26.7 Å². The SMILES string of the molecule is COc1cc(C2c3c([nH]c(=O)[nH]c3=O)N=C3CCCC(=O)C32)cc(OC)c1OC. The van der Waals surface area contributed by atoms with Crippen LogP contribution in [0.2, 0.25) is 0 Å². The number of fused-ring (bicyclic) bond motifs is 2. The second kappa shape index (κ2) is 7.23. The Balaban J connectivity index is 2.01.